The average molecular weight is 201 g/mol. The van der Waals surface area contributed by atoms with Gasteiger partial charge in [-0.3, -0.25) is 0 Å². The highest BCUT2D eigenvalue weighted by Gasteiger charge is 2.13. The van der Waals surface area contributed by atoms with Crippen LogP contribution in [0.2, 0.25) is 0 Å². The molecule has 0 heterocycles. The fourth-order valence-corrected chi connectivity index (χ4v) is 0.999. The van der Waals surface area contributed by atoms with Gasteiger partial charge in [0.2, 0.25) is 0 Å². The van der Waals surface area contributed by atoms with Crippen LogP contribution in [0.3, 0.4) is 0 Å². The van der Waals surface area contributed by atoms with Crippen LogP contribution in [0.4, 0.5) is 13.2 Å². The minimum absolute atomic E-state index is 0.118. The number of ether oxygens (including phenoxy) is 1. The van der Waals surface area contributed by atoms with Gasteiger partial charge >= 0.3 is 6.61 Å². The molecule has 0 spiro atoms. The van der Waals surface area contributed by atoms with Gasteiger partial charge in [-0.05, 0) is 6.07 Å². The van der Waals surface area contributed by atoms with Crippen molar-refractivity contribution in [1.82, 2.24) is 0 Å². The molecule has 0 aliphatic heterocycles. The normalized spacial score (nSPS) is 9.93. The van der Waals surface area contributed by atoms with Gasteiger partial charge < -0.3 is 4.74 Å². The molecule has 0 unspecified atom stereocenters. The average Bonchev–Trinajstić information content (AvgIpc) is 2.11. The smallest absolute Gasteiger partial charge is 0.387 e. The molecule has 2 nitrogen and oxygen atoms in total. The SMILES string of the molecule is N#CCc1cccc(F)c1OC(F)F. The van der Waals surface area contributed by atoms with Gasteiger partial charge in [0, 0.05) is 5.56 Å². The van der Waals surface area contributed by atoms with E-state index in [1.54, 1.807) is 6.07 Å². The number of hydrogen-bond acceptors (Lipinski definition) is 2. The van der Waals surface area contributed by atoms with Crippen molar-refractivity contribution in [1.29, 1.82) is 5.26 Å². The Balaban J connectivity index is 3.03. The molecule has 1 aromatic rings. The van der Waals surface area contributed by atoms with Gasteiger partial charge in [-0.15, -0.1) is 0 Å². The van der Waals surface area contributed by atoms with Crippen LogP contribution in [-0.2, 0) is 6.42 Å². The molecule has 0 bridgehead atoms. The number of nitrogens with zero attached hydrogens (tertiary/aromatic N) is 1. The van der Waals surface area contributed by atoms with E-state index < -0.39 is 18.2 Å². The highest BCUT2D eigenvalue weighted by atomic mass is 19.3. The molecule has 1 aromatic carbocycles. The summed E-state index contributed by atoms with van der Waals surface area (Å²) in [4.78, 5) is 0. The molecular weight excluding hydrogens is 195 g/mol. The zero-order valence-corrected chi connectivity index (χ0v) is 7.01. The van der Waals surface area contributed by atoms with E-state index in [9.17, 15) is 13.2 Å². The fraction of sp³-hybridized carbons (Fsp3) is 0.222. The maximum absolute atomic E-state index is 13.0. The van der Waals surface area contributed by atoms with Gasteiger partial charge in [0.15, 0.2) is 11.6 Å². The molecule has 0 N–H and O–H groups in total. The van der Waals surface area contributed by atoms with Crippen LogP contribution in [0.5, 0.6) is 5.75 Å². The number of nitriles is 1. The van der Waals surface area contributed by atoms with E-state index in [-0.39, 0.29) is 12.0 Å². The molecule has 0 amide bonds. The van der Waals surface area contributed by atoms with Crippen LogP contribution >= 0.6 is 0 Å². The minimum atomic E-state index is -3.09. The Kier molecular flexibility index (Phi) is 3.35. The Hall–Kier alpha value is -1.70. The van der Waals surface area contributed by atoms with E-state index in [1.165, 1.54) is 12.1 Å². The van der Waals surface area contributed by atoms with Gasteiger partial charge in [0.05, 0.1) is 12.5 Å². The van der Waals surface area contributed by atoms with Crippen molar-refractivity contribution in [2.45, 2.75) is 13.0 Å². The van der Waals surface area contributed by atoms with E-state index in [1.807, 2.05) is 0 Å². The third kappa shape index (κ3) is 2.39. The number of rotatable bonds is 3. The summed E-state index contributed by atoms with van der Waals surface area (Å²) in [6, 6.07) is 5.43. The second-order valence-corrected chi connectivity index (χ2v) is 2.44. The molecule has 0 saturated heterocycles. The summed E-state index contributed by atoms with van der Waals surface area (Å²) in [5.41, 5.74) is 0.118. The van der Waals surface area contributed by atoms with Gasteiger partial charge in [-0.25, -0.2) is 4.39 Å². The highest BCUT2D eigenvalue weighted by molar-refractivity contribution is 5.36. The molecule has 1 rings (SSSR count). The topological polar surface area (TPSA) is 33.0 Å². The highest BCUT2D eigenvalue weighted by Crippen LogP contribution is 2.24. The van der Waals surface area contributed by atoms with Gasteiger partial charge in [-0.1, -0.05) is 12.1 Å². The molecule has 0 fully saturated rings. The molecule has 0 aromatic heterocycles. The maximum Gasteiger partial charge on any atom is 0.387 e. The molecule has 74 valence electrons. The van der Waals surface area contributed by atoms with Crippen LogP contribution in [0, 0.1) is 17.1 Å². The zero-order chi connectivity index (χ0) is 10.6. The fourth-order valence-electron chi connectivity index (χ4n) is 0.999. The molecular formula is C9H6F3NO. The number of halogens is 3. The van der Waals surface area contributed by atoms with Gasteiger partial charge in [0.1, 0.15) is 0 Å². The summed E-state index contributed by atoms with van der Waals surface area (Å²) in [5, 5.41) is 8.35. The first-order valence-electron chi connectivity index (χ1n) is 3.74. The largest absolute Gasteiger partial charge is 0.431 e. The van der Waals surface area contributed by atoms with Crippen LogP contribution in [0.15, 0.2) is 18.2 Å². The summed E-state index contributed by atoms with van der Waals surface area (Å²) in [5.74, 6) is -1.44. The number of hydrogen-bond donors (Lipinski definition) is 0. The second kappa shape index (κ2) is 4.51. The molecule has 0 radical (unpaired) electrons. The second-order valence-electron chi connectivity index (χ2n) is 2.44. The van der Waals surface area contributed by atoms with Crippen molar-refractivity contribution < 1.29 is 17.9 Å². The molecule has 14 heavy (non-hydrogen) atoms. The summed E-state index contributed by atoms with van der Waals surface area (Å²) in [7, 11) is 0. The Labute approximate surface area is 78.5 Å². The van der Waals surface area contributed by atoms with E-state index in [2.05, 4.69) is 4.74 Å². The predicted octanol–water partition coefficient (Wildman–Crippen LogP) is 2.49. The summed E-state index contributed by atoms with van der Waals surface area (Å²) < 4.78 is 40.6. The lowest BCUT2D eigenvalue weighted by molar-refractivity contribution is -0.0527. The standard InChI is InChI=1S/C9H6F3NO/c10-7-3-1-2-6(4-5-13)8(7)14-9(11)12/h1-3,9H,4H2. The van der Waals surface area contributed by atoms with Crippen molar-refractivity contribution in [3.8, 4) is 11.8 Å². The third-order valence-corrected chi connectivity index (χ3v) is 1.52. The molecule has 0 aliphatic carbocycles. The Morgan fingerprint density at radius 2 is 2.14 bits per heavy atom. The molecule has 0 aliphatic rings. The molecule has 5 heteroatoms. The van der Waals surface area contributed by atoms with E-state index in [0.717, 1.165) is 6.07 Å². The van der Waals surface area contributed by atoms with Crippen molar-refractivity contribution in [2.24, 2.45) is 0 Å². The van der Waals surface area contributed by atoms with E-state index in [4.69, 9.17) is 5.26 Å². The van der Waals surface area contributed by atoms with E-state index in [0.29, 0.717) is 0 Å². The lowest BCUT2D eigenvalue weighted by Crippen LogP contribution is -2.06. The van der Waals surface area contributed by atoms with Crippen LogP contribution in [0.25, 0.3) is 0 Å². The first-order chi connectivity index (χ1) is 6.65. The lowest BCUT2D eigenvalue weighted by atomic mass is 10.1. The number of para-hydroxylation sites is 1. The quantitative estimate of drug-likeness (QED) is 0.752. The van der Waals surface area contributed by atoms with E-state index >= 15 is 0 Å². The molecule has 0 saturated carbocycles. The third-order valence-electron chi connectivity index (χ3n) is 1.52. The van der Waals surface area contributed by atoms with Crippen LogP contribution in [0.1, 0.15) is 5.56 Å². The van der Waals surface area contributed by atoms with Crippen molar-refractivity contribution >= 4 is 0 Å². The Bertz CT molecular complexity index is 360. The number of alkyl halides is 2. The lowest BCUT2D eigenvalue weighted by Gasteiger charge is -2.08. The van der Waals surface area contributed by atoms with Crippen molar-refractivity contribution in [2.75, 3.05) is 0 Å². The summed E-state index contributed by atoms with van der Waals surface area (Å²) in [6.07, 6.45) is -0.167. The minimum Gasteiger partial charge on any atom is -0.431 e. The summed E-state index contributed by atoms with van der Waals surface area (Å²) in [6.45, 7) is -3.09. The Morgan fingerprint density at radius 3 is 2.71 bits per heavy atom. The van der Waals surface area contributed by atoms with Crippen LogP contribution in [-0.4, -0.2) is 6.61 Å². The maximum atomic E-state index is 13.0. The first-order valence-corrected chi connectivity index (χ1v) is 3.74. The van der Waals surface area contributed by atoms with Crippen LogP contribution < -0.4 is 4.74 Å². The predicted molar refractivity (Wildman–Crippen MR) is 42.3 cm³/mol. The van der Waals surface area contributed by atoms with Crippen molar-refractivity contribution in [3.63, 3.8) is 0 Å². The van der Waals surface area contributed by atoms with Gasteiger partial charge in [-0.2, -0.15) is 14.0 Å². The summed E-state index contributed by atoms with van der Waals surface area (Å²) >= 11 is 0. The van der Waals surface area contributed by atoms with Gasteiger partial charge in [0.25, 0.3) is 0 Å². The van der Waals surface area contributed by atoms with Crippen molar-refractivity contribution in [3.05, 3.63) is 29.6 Å². The zero-order valence-electron chi connectivity index (χ0n) is 7.01. The monoisotopic (exact) mass is 201 g/mol. The first kappa shape index (κ1) is 10.4. The number of benzene rings is 1. The molecule has 0 atom stereocenters. The Morgan fingerprint density at radius 1 is 1.43 bits per heavy atom.